The molecule has 1 atom stereocenters. The van der Waals surface area contributed by atoms with Crippen LogP contribution >= 0.6 is 0 Å². The summed E-state index contributed by atoms with van der Waals surface area (Å²) in [5.41, 5.74) is 0.929. The molecule has 0 radical (unpaired) electrons. The number of rotatable bonds is 4. The Kier molecular flexibility index (Phi) is 5.56. The van der Waals surface area contributed by atoms with Gasteiger partial charge in [0.15, 0.2) is 5.60 Å². The second-order valence-corrected chi connectivity index (χ2v) is 10.8. The Morgan fingerprint density at radius 3 is 2.24 bits per heavy atom. The van der Waals surface area contributed by atoms with Crippen LogP contribution in [0.25, 0.3) is 0 Å². The van der Waals surface area contributed by atoms with Gasteiger partial charge in [-0.25, -0.2) is 9.59 Å². The fourth-order valence-electron chi connectivity index (χ4n) is 6.32. The average molecular weight is 505 g/mol. The van der Waals surface area contributed by atoms with Crippen LogP contribution in [0.1, 0.15) is 66.1 Å². The molecule has 8 nitrogen and oxygen atoms in total. The zero-order chi connectivity index (χ0) is 25.8. The Morgan fingerprint density at radius 2 is 1.57 bits per heavy atom. The number of carbonyl (C=O) groups excluding carboxylic acids is 3. The third-order valence-corrected chi connectivity index (χ3v) is 8.70. The number of aliphatic hydroxyl groups is 1. The second kappa shape index (κ2) is 8.58. The SMILES string of the molecule is CCOC(=O)N1CCC(O)(c2ccc(C3(C(=O)N4CC[C@@]5(C4)OC(=O)c4ccccc45)CC3)cc2)CC1. The number of fused-ring (bicyclic) bond motifs is 2. The van der Waals surface area contributed by atoms with E-state index in [-0.39, 0.29) is 18.0 Å². The molecule has 2 aromatic carbocycles. The van der Waals surface area contributed by atoms with Crippen LogP contribution in [-0.2, 0) is 30.9 Å². The van der Waals surface area contributed by atoms with E-state index in [9.17, 15) is 19.5 Å². The summed E-state index contributed by atoms with van der Waals surface area (Å²) < 4.78 is 10.9. The van der Waals surface area contributed by atoms with Crippen LogP contribution < -0.4 is 0 Å². The average Bonchev–Trinajstić information content (AvgIpc) is 3.55. The molecule has 1 saturated carbocycles. The highest BCUT2D eigenvalue weighted by Gasteiger charge is 2.57. The van der Waals surface area contributed by atoms with Gasteiger partial charge in [0.25, 0.3) is 0 Å². The zero-order valence-electron chi connectivity index (χ0n) is 21.1. The fourth-order valence-corrected chi connectivity index (χ4v) is 6.32. The lowest BCUT2D eigenvalue weighted by molar-refractivity contribution is -0.134. The summed E-state index contributed by atoms with van der Waals surface area (Å²) in [5, 5.41) is 11.3. The minimum Gasteiger partial charge on any atom is -0.450 e. The Hall–Kier alpha value is -3.39. The van der Waals surface area contributed by atoms with Gasteiger partial charge in [-0.05, 0) is 49.8 Å². The minimum absolute atomic E-state index is 0.0824. The first kappa shape index (κ1) is 24.0. The Labute approximate surface area is 216 Å². The van der Waals surface area contributed by atoms with Gasteiger partial charge in [0.2, 0.25) is 5.91 Å². The molecular formula is C29H32N2O6. The molecule has 3 aliphatic heterocycles. The highest BCUT2D eigenvalue weighted by atomic mass is 16.6. The predicted octanol–water partition coefficient (Wildman–Crippen LogP) is 3.46. The highest BCUT2D eigenvalue weighted by molar-refractivity contribution is 5.96. The van der Waals surface area contributed by atoms with Gasteiger partial charge in [0.05, 0.1) is 29.7 Å². The summed E-state index contributed by atoms with van der Waals surface area (Å²) in [6.45, 7) is 3.91. The van der Waals surface area contributed by atoms with E-state index in [1.54, 1.807) is 17.9 Å². The normalized spacial score (nSPS) is 25.1. The van der Waals surface area contributed by atoms with Crippen molar-refractivity contribution >= 4 is 18.0 Å². The first-order chi connectivity index (χ1) is 17.8. The van der Waals surface area contributed by atoms with Gasteiger partial charge in [0.1, 0.15) is 0 Å². The van der Waals surface area contributed by atoms with E-state index in [2.05, 4.69) is 0 Å². The standard InChI is InChI=1S/C29H32N2O6/c1-2-36-26(34)30-16-13-28(35,14-17-30)21-9-7-20(8-10-21)27(11-12-27)25(33)31-18-15-29(19-31)23-6-4-3-5-22(23)24(32)37-29/h3-10,35H,2,11-19H2,1H3/t29-/m0/s1. The number of benzene rings is 2. The fraction of sp³-hybridized carbons (Fsp3) is 0.483. The van der Waals surface area contributed by atoms with Crippen LogP contribution in [-0.4, -0.2) is 65.7 Å². The van der Waals surface area contributed by atoms with Crippen molar-refractivity contribution in [1.29, 1.82) is 0 Å². The van der Waals surface area contributed by atoms with E-state index in [1.165, 1.54) is 0 Å². The third-order valence-electron chi connectivity index (χ3n) is 8.70. The van der Waals surface area contributed by atoms with Crippen molar-refractivity contribution in [2.75, 3.05) is 32.8 Å². The Bertz CT molecular complexity index is 1250. The number of piperidine rings is 1. The summed E-state index contributed by atoms with van der Waals surface area (Å²) in [5.74, 6) is -0.230. The van der Waals surface area contributed by atoms with Crippen LogP contribution in [0.4, 0.5) is 4.79 Å². The molecule has 3 fully saturated rings. The van der Waals surface area contributed by atoms with E-state index < -0.39 is 16.6 Å². The van der Waals surface area contributed by atoms with Gasteiger partial charge in [0, 0.05) is 31.6 Å². The molecule has 37 heavy (non-hydrogen) atoms. The Morgan fingerprint density at radius 1 is 0.919 bits per heavy atom. The summed E-state index contributed by atoms with van der Waals surface area (Å²) in [6, 6.07) is 15.2. The maximum absolute atomic E-state index is 13.8. The van der Waals surface area contributed by atoms with Gasteiger partial charge in [-0.2, -0.15) is 0 Å². The van der Waals surface area contributed by atoms with Crippen LogP contribution in [0.3, 0.4) is 0 Å². The Balaban J connectivity index is 1.15. The molecule has 0 unspecified atom stereocenters. The zero-order valence-corrected chi connectivity index (χ0v) is 21.1. The van der Waals surface area contributed by atoms with Crippen LogP contribution in [0.2, 0.25) is 0 Å². The second-order valence-electron chi connectivity index (χ2n) is 10.8. The van der Waals surface area contributed by atoms with E-state index in [0.29, 0.717) is 57.6 Å². The van der Waals surface area contributed by atoms with Gasteiger partial charge in [-0.3, -0.25) is 4.79 Å². The quantitative estimate of drug-likeness (QED) is 0.641. The molecule has 2 aromatic rings. The third kappa shape index (κ3) is 3.81. The van der Waals surface area contributed by atoms with Crippen LogP contribution in [0.15, 0.2) is 48.5 Å². The number of ether oxygens (including phenoxy) is 2. The van der Waals surface area contributed by atoms with Crippen LogP contribution in [0.5, 0.6) is 0 Å². The maximum atomic E-state index is 13.8. The number of nitrogens with zero attached hydrogens (tertiary/aromatic N) is 2. The molecule has 1 N–H and O–H groups in total. The maximum Gasteiger partial charge on any atom is 0.409 e. The topological polar surface area (TPSA) is 96.4 Å². The molecular weight excluding hydrogens is 472 g/mol. The summed E-state index contributed by atoms with van der Waals surface area (Å²) in [7, 11) is 0. The van der Waals surface area contributed by atoms with Gasteiger partial charge >= 0.3 is 12.1 Å². The lowest BCUT2D eigenvalue weighted by Crippen LogP contribution is -2.45. The minimum atomic E-state index is -1.01. The summed E-state index contributed by atoms with van der Waals surface area (Å²) in [6.07, 6.45) is 2.70. The van der Waals surface area contributed by atoms with Gasteiger partial charge < -0.3 is 24.4 Å². The summed E-state index contributed by atoms with van der Waals surface area (Å²) >= 11 is 0. The number of carbonyl (C=O) groups is 3. The number of likely N-dealkylation sites (tertiary alicyclic amines) is 2. The number of esters is 1. The highest BCUT2D eigenvalue weighted by Crippen LogP contribution is 2.52. The largest absolute Gasteiger partial charge is 0.450 e. The van der Waals surface area contributed by atoms with E-state index in [4.69, 9.17) is 9.47 Å². The van der Waals surface area contributed by atoms with Crippen molar-refractivity contribution in [2.45, 2.75) is 55.6 Å². The van der Waals surface area contributed by atoms with Crippen molar-refractivity contribution in [3.05, 3.63) is 70.8 Å². The monoisotopic (exact) mass is 504 g/mol. The number of hydrogen-bond donors (Lipinski definition) is 1. The van der Waals surface area contributed by atoms with E-state index in [1.807, 2.05) is 47.4 Å². The first-order valence-corrected chi connectivity index (χ1v) is 13.2. The van der Waals surface area contributed by atoms with Crippen molar-refractivity contribution in [3.8, 4) is 0 Å². The molecule has 6 rings (SSSR count). The van der Waals surface area contributed by atoms with Crippen molar-refractivity contribution in [1.82, 2.24) is 9.80 Å². The smallest absolute Gasteiger partial charge is 0.409 e. The molecule has 2 saturated heterocycles. The molecule has 4 aliphatic rings. The van der Waals surface area contributed by atoms with Gasteiger partial charge in [-0.15, -0.1) is 0 Å². The van der Waals surface area contributed by atoms with Gasteiger partial charge in [-0.1, -0.05) is 42.5 Å². The van der Waals surface area contributed by atoms with Crippen LogP contribution in [0, 0.1) is 0 Å². The van der Waals surface area contributed by atoms with Crippen molar-refractivity contribution < 1.29 is 29.0 Å². The van der Waals surface area contributed by atoms with Crippen molar-refractivity contribution in [3.63, 3.8) is 0 Å². The predicted molar refractivity (Wildman–Crippen MR) is 134 cm³/mol. The first-order valence-electron chi connectivity index (χ1n) is 13.2. The molecule has 1 aliphatic carbocycles. The molecule has 194 valence electrons. The number of hydrogen-bond acceptors (Lipinski definition) is 6. The molecule has 3 heterocycles. The van der Waals surface area contributed by atoms with E-state index in [0.717, 1.165) is 29.5 Å². The lowest BCUT2D eigenvalue weighted by Gasteiger charge is -2.38. The molecule has 0 aromatic heterocycles. The molecule has 0 bridgehead atoms. The molecule has 8 heteroatoms. The summed E-state index contributed by atoms with van der Waals surface area (Å²) in [4.78, 5) is 41.7. The molecule has 2 amide bonds. The number of amides is 2. The van der Waals surface area contributed by atoms with E-state index >= 15 is 0 Å². The lowest BCUT2D eigenvalue weighted by atomic mass is 9.83. The van der Waals surface area contributed by atoms with Crippen molar-refractivity contribution in [2.24, 2.45) is 0 Å². The molecule has 1 spiro atoms.